The van der Waals surface area contributed by atoms with E-state index in [1.807, 2.05) is 0 Å². The molecule has 0 bridgehead atoms. The molecule has 1 saturated heterocycles. The molecular formula is C14H29N3O. The van der Waals surface area contributed by atoms with Crippen LogP contribution in [-0.4, -0.2) is 44.0 Å². The first-order chi connectivity index (χ1) is 8.56. The molecule has 0 spiro atoms. The average molecular weight is 255 g/mol. The Morgan fingerprint density at radius 1 is 1.28 bits per heavy atom. The third-order valence-corrected chi connectivity index (χ3v) is 4.01. The Morgan fingerprint density at radius 3 is 2.56 bits per heavy atom. The molecule has 1 heterocycles. The van der Waals surface area contributed by atoms with Crippen LogP contribution < -0.4 is 11.1 Å². The normalized spacial score (nSPS) is 19.7. The molecule has 0 aliphatic carbocycles. The van der Waals surface area contributed by atoms with Gasteiger partial charge < -0.3 is 16.0 Å². The van der Waals surface area contributed by atoms with Crippen molar-refractivity contribution in [2.75, 3.05) is 33.2 Å². The molecule has 0 atom stereocenters. The van der Waals surface area contributed by atoms with Gasteiger partial charge >= 0.3 is 0 Å². The Labute approximate surface area is 111 Å². The number of hydrogen-bond donors (Lipinski definition) is 2. The minimum Gasteiger partial charge on any atom is -0.356 e. The topological polar surface area (TPSA) is 58.4 Å². The number of nitrogens with two attached hydrogens (primary N) is 1. The number of piperidine rings is 1. The third kappa shape index (κ3) is 5.83. The zero-order chi connectivity index (χ0) is 13.4. The van der Waals surface area contributed by atoms with Crippen molar-refractivity contribution in [2.45, 2.75) is 45.4 Å². The molecule has 0 unspecified atom stereocenters. The Morgan fingerprint density at radius 2 is 1.94 bits per heavy atom. The monoisotopic (exact) mass is 255 g/mol. The maximum absolute atomic E-state index is 11.7. The van der Waals surface area contributed by atoms with Gasteiger partial charge in [0.05, 0.1) is 0 Å². The van der Waals surface area contributed by atoms with E-state index in [1.54, 1.807) is 0 Å². The quantitative estimate of drug-likeness (QED) is 0.675. The summed E-state index contributed by atoms with van der Waals surface area (Å²) >= 11 is 0. The molecule has 0 saturated carbocycles. The highest BCUT2D eigenvalue weighted by Crippen LogP contribution is 2.29. The zero-order valence-corrected chi connectivity index (χ0v) is 12.0. The van der Waals surface area contributed by atoms with E-state index < -0.39 is 0 Å². The Bertz CT molecular complexity index is 247. The van der Waals surface area contributed by atoms with E-state index >= 15 is 0 Å². The van der Waals surface area contributed by atoms with Gasteiger partial charge in [0.1, 0.15) is 0 Å². The second-order valence-corrected chi connectivity index (χ2v) is 5.99. The lowest BCUT2D eigenvalue weighted by atomic mass is 9.80. The first kappa shape index (κ1) is 15.4. The molecule has 1 aliphatic rings. The molecule has 0 aromatic carbocycles. The standard InChI is InChI=1S/C14H29N3O/c1-14(7-10-17(2)11-8-14)12-16-13(18)6-4-3-5-9-15/h3-12,15H2,1-2H3,(H,16,18). The summed E-state index contributed by atoms with van der Waals surface area (Å²) in [6.07, 6.45) is 6.05. The number of carbonyl (C=O) groups excluding carboxylic acids is 1. The Kier molecular flexibility index (Phi) is 6.65. The number of nitrogens with zero attached hydrogens (tertiary/aromatic N) is 1. The minimum atomic E-state index is 0.201. The van der Waals surface area contributed by atoms with Crippen LogP contribution in [0.5, 0.6) is 0 Å². The third-order valence-electron chi connectivity index (χ3n) is 4.01. The van der Waals surface area contributed by atoms with Crippen LogP contribution in [-0.2, 0) is 4.79 Å². The van der Waals surface area contributed by atoms with Crippen molar-refractivity contribution in [3.05, 3.63) is 0 Å². The molecule has 3 N–H and O–H groups in total. The number of rotatable bonds is 7. The van der Waals surface area contributed by atoms with Crippen LogP contribution in [0.25, 0.3) is 0 Å². The second kappa shape index (κ2) is 7.74. The molecule has 1 amide bonds. The van der Waals surface area contributed by atoms with Gasteiger partial charge in [-0.25, -0.2) is 0 Å². The highest BCUT2D eigenvalue weighted by Gasteiger charge is 2.28. The maximum Gasteiger partial charge on any atom is 0.220 e. The average Bonchev–Trinajstić information content (AvgIpc) is 2.36. The van der Waals surface area contributed by atoms with E-state index in [0.717, 1.165) is 45.4 Å². The van der Waals surface area contributed by atoms with Gasteiger partial charge in [-0.05, 0) is 57.8 Å². The molecule has 0 aromatic rings. The summed E-state index contributed by atoms with van der Waals surface area (Å²) in [6, 6.07) is 0. The van der Waals surface area contributed by atoms with Crippen LogP contribution in [0.1, 0.15) is 45.4 Å². The molecular weight excluding hydrogens is 226 g/mol. The van der Waals surface area contributed by atoms with Crippen LogP contribution in [0.2, 0.25) is 0 Å². The number of amides is 1. The van der Waals surface area contributed by atoms with Gasteiger partial charge in [-0.1, -0.05) is 13.3 Å². The number of unbranched alkanes of at least 4 members (excludes halogenated alkanes) is 2. The first-order valence-electron chi connectivity index (χ1n) is 7.21. The molecule has 1 rings (SSSR count). The Hall–Kier alpha value is -0.610. The van der Waals surface area contributed by atoms with Gasteiger partial charge in [0, 0.05) is 13.0 Å². The first-order valence-corrected chi connectivity index (χ1v) is 7.21. The van der Waals surface area contributed by atoms with Gasteiger partial charge in [0.2, 0.25) is 5.91 Å². The van der Waals surface area contributed by atoms with E-state index in [2.05, 4.69) is 24.2 Å². The highest BCUT2D eigenvalue weighted by atomic mass is 16.1. The lowest BCUT2D eigenvalue weighted by Gasteiger charge is -2.37. The predicted molar refractivity (Wildman–Crippen MR) is 75.4 cm³/mol. The van der Waals surface area contributed by atoms with Gasteiger partial charge in [-0.2, -0.15) is 0 Å². The second-order valence-electron chi connectivity index (χ2n) is 5.99. The van der Waals surface area contributed by atoms with Crippen molar-refractivity contribution in [1.82, 2.24) is 10.2 Å². The van der Waals surface area contributed by atoms with Crippen LogP contribution in [0.4, 0.5) is 0 Å². The lowest BCUT2D eigenvalue weighted by Crippen LogP contribution is -2.43. The summed E-state index contributed by atoms with van der Waals surface area (Å²) in [5, 5.41) is 3.10. The van der Waals surface area contributed by atoms with Crippen LogP contribution >= 0.6 is 0 Å². The van der Waals surface area contributed by atoms with Crippen molar-refractivity contribution in [2.24, 2.45) is 11.1 Å². The molecule has 0 radical (unpaired) electrons. The van der Waals surface area contributed by atoms with Crippen LogP contribution in [0.3, 0.4) is 0 Å². The van der Waals surface area contributed by atoms with Gasteiger partial charge in [0.25, 0.3) is 0 Å². The molecule has 1 aliphatic heterocycles. The van der Waals surface area contributed by atoms with Crippen molar-refractivity contribution < 1.29 is 4.79 Å². The van der Waals surface area contributed by atoms with Gasteiger partial charge in [-0.15, -0.1) is 0 Å². The fourth-order valence-corrected chi connectivity index (χ4v) is 2.34. The Balaban J connectivity index is 2.13. The highest BCUT2D eigenvalue weighted by molar-refractivity contribution is 5.75. The summed E-state index contributed by atoms with van der Waals surface area (Å²) in [7, 11) is 2.16. The molecule has 106 valence electrons. The molecule has 1 fully saturated rings. The number of likely N-dealkylation sites (tertiary alicyclic amines) is 1. The SMILES string of the molecule is CN1CCC(C)(CNC(=O)CCCCCN)CC1. The van der Waals surface area contributed by atoms with Crippen molar-refractivity contribution >= 4 is 5.91 Å². The molecule has 0 aromatic heterocycles. The number of hydrogen-bond acceptors (Lipinski definition) is 3. The van der Waals surface area contributed by atoms with Gasteiger partial charge in [0.15, 0.2) is 0 Å². The molecule has 18 heavy (non-hydrogen) atoms. The number of carbonyl (C=O) groups is 1. The van der Waals surface area contributed by atoms with Crippen molar-refractivity contribution in [3.8, 4) is 0 Å². The summed E-state index contributed by atoms with van der Waals surface area (Å²) in [4.78, 5) is 14.1. The summed E-state index contributed by atoms with van der Waals surface area (Å²) in [5.74, 6) is 0.201. The van der Waals surface area contributed by atoms with Crippen molar-refractivity contribution in [3.63, 3.8) is 0 Å². The van der Waals surface area contributed by atoms with Gasteiger partial charge in [-0.3, -0.25) is 4.79 Å². The fraction of sp³-hybridized carbons (Fsp3) is 0.929. The van der Waals surface area contributed by atoms with Crippen molar-refractivity contribution in [1.29, 1.82) is 0 Å². The summed E-state index contributed by atoms with van der Waals surface area (Å²) in [5.41, 5.74) is 5.72. The summed E-state index contributed by atoms with van der Waals surface area (Å²) < 4.78 is 0. The largest absolute Gasteiger partial charge is 0.356 e. The van der Waals surface area contributed by atoms with E-state index in [1.165, 1.54) is 12.8 Å². The van der Waals surface area contributed by atoms with E-state index in [0.29, 0.717) is 11.8 Å². The summed E-state index contributed by atoms with van der Waals surface area (Å²) in [6.45, 7) is 6.13. The molecule has 4 nitrogen and oxygen atoms in total. The van der Waals surface area contributed by atoms with E-state index in [4.69, 9.17) is 5.73 Å². The van der Waals surface area contributed by atoms with Crippen LogP contribution in [0, 0.1) is 5.41 Å². The van der Waals surface area contributed by atoms with Crippen LogP contribution in [0.15, 0.2) is 0 Å². The predicted octanol–water partition coefficient (Wildman–Crippen LogP) is 1.35. The maximum atomic E-state index is 11.7. The van der Waals surface area contributed by atoms with E-state index in [9.17, 15) is 4.79 Å². The smallest absolute Gasteiger partial charge is 0.220 e. The zero-order valence-electron chi connectivity index (χ0n) is 12.0. The molecule has 4 heteroatoms. The number of nitrogens with one attached hydrogen (secondary N) is 1. The van der Waals surface area contributed by atoms with E-state index in [-0.39, 0.29) is 5.91 Å². The fourth-order valence-electron chi connectivity index (χ4n) is 2.34. The lowest BCUT2D eigenvalue weighted by molar-refractivity contribution is -0.121. The minimum absolute atomic E-state index is 0.201.